The lowest BCUT2D eigenvalue weighted by Crippen LogP contribution is -1.99. The predicted octanol–water partition coefficient (Wildman–Crippen LogP) is 2.34. The fourth-order valence-corrected chi connectivity index (χ4v) is 2.24. The molecule has 0 amide bonds. The van der Waals surface area contributed by atoms with Gasteiger partial charge in [-0.2, -0.15) is 0 Å². The van der Waals surface area contributed by atoms with Crippen LogP contribution in [-0.2, 0) is 0 Å². The van der Waals surface area contributed by atoms with Crippen LogP contribution in [0.5, 0.6) is 0 Å². The molecule has 2 rings (SSSR count). The summed E-state index contributed by atoms with van der Waals surface area (Å²) in [7, 11) is 0. The van der Waals surface area contributed by atoms with E-state index in [1.54, 1.807) is 6.07 Å². The predicted molar refractivity (Wildman–Crippen MR) is 66.8 cm³/mol. The second-order valence-electron chi connectivity index (χ2n) is 3.72. The minimum Gasteiger partial charge on any atom is -0.477 e. The van der Waals surface area contributed by atoms with E-state index in [0.717, 1.165) is 16.3 Å². The van der Waals surface area contributed by atoms with Crippen LogP contribution >= 0.6 is 11.8 Å². The molecular formula is C12H11N3O2S. The molecule has 0 fully saturated rings. The third kappa shape index (κ3) is 3.04. The number of aromatic carboxylic acids is 1. The molecule has 0 unspecified atom stereocenters. The van der Waals surface area contributed by atoms with E-state index in [0.29, 0.717) is 5.16 Å². The Bertz CT molecular complexity index is 564. The summed E-state index contributed by atoms with van der Waals surface area (Å²) in [4.78, 5) is 23.9. The molecule has 2 aromatic rings. The summed E-state index contributed by atoms with van der Waals surface area (Å²) in [5, 5.41) is 9.38. The van der Waals surface area contributed by atoms with Gasteiger partial charge in [-0.25, -0.2) is 19.7 Å². The average molecular weight is 261 g/mol. The molecule has 1 N–H and O–H groups in total. The number of nitrogens with zero attached hydrogens (tertiary/aromatic N) is 3. The molecule has 0 spiro atoms. The number of hydrogen-bond donors (Lipinski definition) is 1. The minimum atomic E-state index is -1.03. The lowest BCUT2D eigenvalue weighted by molar-refractivity contribution is 0.0690. The van der Waals surface area contributed by atoms with Crippen molar-refractivity contribution in [1.82, 2.24) is 15.0 Å². The molecule has 0 aliphatic heterocycles. The summed E-state index contributed by atoms with van der Waals surface area (Å²) < 4.78 is 0. The van der Waals surface area contributed by atoms with Crippen molar-refractivity contribution in [1.29, 1.82) is 0 Å². The molecule has 18 heavy (non-hydrogen) atoms. The Morgan fingerprint density at radius 2 is 1.89 bits per heavy atom. The van der Waals surface area contributed by atoms with Gasteiger partial charge in [0, 0.05) is 22.5 Å². The van der Waals surface area contributed by atoms with Gasteiger partial charge in [0.25, 0.3) is 0 Å². The van der Waals surface area contributed by atoms with Gasteiger partial charge >= 0.3 is 5.97 Å². The Kier molecular flexibility index (Phi) is 3.57. The molecule has 0 bridgehead atoms. The van der Waals surface area contributed by atoms with Crippen molar-refractivity contribution in [2.45, 2.75) is 23.9 Å². The average Bonchev–Trinajstić information content (AvgIpc) is 2.28. The highest BCUT2D eigenvalue weighted by Gasteiger charge is 2.06. The fourth-order valence-electron chi connectivity index (χ4n) is 1.41. The van der Waals surface area contributed by atoms with E-state index in [2.05, 4.69) is 15.0 Å². The van der Waals surface area contributed by atoms with Crippen LogP contribution in [0.25, 0.3) is 0 Å². The first-order valence-corrected chi connectivity index (χ1v) is 6.06. The van der Waals surface area contributed by atoms with Crippen molar-refractivity contribution in [3.05, 3.63) is 41.5 Å². The maximum Gasteiger partial charge on any atom is 0.354 e. The zero-order valence-electron chi connectivity index (χ0n) is 9.91. The van der Waals surface area contributed by atoms with Crippen LogP contribution in [0.2, 0.25) is 0 Å². The molecule has 2 aromatic heterocycles. The molecule has 0 saturated carbocycles. The van der Waals surface area contributed by atoms with Crippen LogP contribution < -0.4 is 0 Å². The Balaban J connectivity index is 2.20. The van der Waals surface area contributed by atoms with Crippen molar-refractivity contribution in [3.63, 3.8) is 0 Å². The number of hydrogen-bond acceptors (Lipinski definition) is 5. The van der Waals surface area contributed by atoms with Crippen molar-refractivity contribution >= 4 is 17.7 Å². The van der Waals surface area contributed by atoms with Gasteiger partial charge in [-0.3, -0.25) is 0 Å². The van der Waals surface area contributed by atoms with Crippen molar-refractivity contribution < 1.29 is 9.90 Å². The standard InChI is InChI=1S/C12H11N3O2S/c1-7-5-8(2)15-12(14-7)18-9-3-4-10(11(16)17)13-6-9/h3-6H,1-2H3,(H,16,17). The second kappa shape index (κ2) is 5.14. The van der Waals surface area contributed by atoms with E-state index < -0.39 is 5.97 Å². The molecule has 2 heterocycles. The molecule has 5 nitrogen and oxygen atoms in total. The Labute approximate surface area is 108 Å². The number of carboxylic acids is 1. The third-order valence-electron chi connectivity index (χ3n) is 2.13. The number of carboxylic acid groups (broad SMARTS) is 1. The van der Waals surface area contributed by atoms with E-state index in [1.807, 2.05) is 19.9 Å². The number of aromatic nitrogens is 3. The van der Waals surface area contributed by atoms with Gasteiger partial charge in [0.2, 0.25) is 0 Å². The minimum absolute atomic E-state index is 0.0284. The zero-order valence-corrected chi connectivity index (χ0v) is 10.7. The molecule has 0 radical (unpaired) electrons. The second-order valence-corrected chi connectivity index (χ2v) is 4.76. The van der Waals surface area contributed by atoms with E-state index in [1.165, 1.54) is 24.0 Å². The van der Waals surface area contributed by atoms with Crippen molar-refractivity contribution in [3.8, 4) is 0 Å². The maximum absolute atomic E-state index is 10.7. The van der Waals surface area contributed by atoms with Crippen LogP contribution in [0.1, 0.15) is 21.9 Å². The van der Waals surface area contributed by atoms with Crippen LogP contribution in [0.4, 0.5) is 0 Å². The first-order valence-electron chi connectivity index (χ1n) is 5.24. The van der Waals surface area contributed by atoms with E-state index in [4.69, 9.17) is 5.11 Å². The number of pyridine rings is 1. The SMILES string of the molecule is Cc1cc(C)nc(Sc2ccc(C(=O)O)nc2)n1. The van der Waals surface area contributed by atoms with Crippen LogP contribution in [0, 0.1) is 13.8 Å². The Morgan fingerprint density at radius 3 is 2.39 bits per heavy atom. The van der Waals surface area contributed by atoms with Gasteiger partial charge in [-0.1, -0.05) is 0 Å². The topological polar surface area (TPSA) is 76.0 Å². The summed E-state index contributed by atoms with van der Waals surface area (Å²) >= 11 is 1.36. The van der Waals surface area contributed by atoms with Crippen LogP contribution in [-0.4, -0.2) is 26.0 Å². The highest BCUT2D eigenvalue weighted by atomic mass is 32.2. The zero-order chi connectivity index (χ0) is 13.1. The number of rotatable bonds is 3. The lowest BCUT2D eigenvalue weighted by atomic mass is 10.4. The summed E-state index contributed by atoms with van der Waals surface area (Å²) in [5.74, 6) is -1.03. The Morgan fingerprint density at radius 1 is 1.22 bits per heavy atom. The molecule has 0 aliphatic rings. The third-order valence-corrected chi connectivity index (χ3v) is 2.97. The normalized spacial score (nSPS) is 10.3. The van der Waals surface area contributed by atoms with E-state index in [-0.39, 0.29) is 5.69 Å². The Hall–Kier alpha value is -1.95. The number of aryl methyl sites for hydroxylation is 2. The van der Waals surface area contributed by atoms with Crippen LogP contribution in [0.3, 0.4) is 0 Å². The van der Waals surface area contributed by atoms with Gasteiger partial charge in [0.05, 0.1) is 0 Å². The molecule has 6 heteroatoms. The summed E-state index contributed by atoms with van der Waals surface area (Å²) in [6.07, 6.45) is 1.51. The summed E-state index contributed by atoms with van der Waals surface area (Å²) in [6.45, 7) is 3.81. The smallest absolute Gasteiger partial charge is 0.354 e. The molecule has 0 aliphatic carbocycles. The molecule has 0 saturated heterocycles. The lowest BCUT2D eigenvalue weighted by Gasteiger charge is -2.02. The van der Waals surface area contributed by atoms with Gasteiger partial charge in [-0.15, -0.1) is 0 Å². The van der Waals surface area contributed by atoms with Crippen molar-refractivity contribution in [2.75, 3.05) is 0 Å². The van der Waals surface area contributed by atoms with Crippen molar-refractivity contribution in [2.24, 2.45) is 0 Å². The fraction of sp³-hybridized carbons (Fsp3) is 0.167. The molecule has 92 valence electrons. The summed E-state index contributed by atoms with van der Waals surface area (Å²) in [5.41, 5.74) is 1.83. The van der Waals surface area contributed by atoms with E-state index >= 15 is 0 Å². The highest BCUT2D eigenvalue weighted by molar-refractivity contribution is 7.99. The van der Waals surface area contributed by atoms with Gasteiger partial charge < -0.3 is 5.11 Å². The van der Waals surface area contributed by atoms with Gasteiger partial charge in [0.1, 0.15) is 5.69 Å². The van der Waals surface area contributed by atoms with Gasteiger partial charge in [-0.05, 0) is 43.8 Å². The van der Waals surface area contributed by atoms with Gasteiger partial charge in [0.15, 0.2) is 5.16 Å². The molecule has 0 atom stereocenters. The largest absolute Gasteiger partial charge is 0.477 e. The van der Waals surface area contributed by atoms with Crippen LogP contribution in [0.15, 0.2) is 34.4 Å². The van der Waals surface area contributed by atoms with E-state index in [9.17, 15) is 4.79 Å². The quantitative estimate of drug-likeness (QED) is 0.855. The first-order chi connectivity index (χ1) is 8.54. The maximum atomic E-state index is 10.7. The monoisotopic (exact) mass is 261 g/mol. The summed E-state index contributed by atoms with van der Waals surface area (Å²) in [6, 6.07) is 5.06. The molecule has 0 aromatic carbocycles. The molecular weight excluding hydrogens is 250 g/mol. The number of carbonyl (C=O) groups is 1. The first kappa shape index (κ1) is 12.5. The highest BCUT2D eigenvalue weighted by Crippen LogP contribution is 2.24.